The molecular weight excluding hydrogens is 506 g/mol. The van der Waals surface area contributed by atoms with Gasteiger partial charge in [-0.2, -0.15) is 4.98 Å². The second-order valence-electron chi connectivity index (χ2n) is 9.31. The van der Waals surface area contributed by atoms with E-state index in [0.29, 0.717) is 49.9 Å². The van der Waals surface area contributed by atoms with E-state index in [0.717, 1.165) is 29.6 Å². The van der Waals surface area contributed by atoms with E-state index in [1.807, 2.05) is 56.5 Å². The van der Waals surface area contributed by atoms with Crippen molar-refractivity contribution in [2.45, 2.75) is 25.8 Å². The molecule has 0 aliphatic heterocycles. The van der Waals surface area contributed by atoms with E-state index in [1.165, 1.54) is 17.2 Å². The molecule has 11 heteroatoms. The minimum absolute atomic E-state index is 0.198. The molecule has 2 aromatic rings. The summed E-state index contributed by atoms with van der Waals surface area (Å²) in [5.41, 5.74) is 3.35. The minimum Gasteiger partial charge on any atom is -0.369 e. The van der Waals surface area contributed by atoms with Crippen LogP contribution < -0.4 is 21.3 Å². The number of hydrogen-bond acceptors (Lipinski definition) is 9. The summed E-state index contributed by atoms with van der Waals surface area (Å²) in [6.07, 6.45) is 8.54. The molecule has 0 aliphatic carbocycles. The van der Waals surface area contributed by atoms with E-state index in [-0.39, 0.29) is 5.91 Å². The Kier molecular flexibility index (Phi) is 14.0. The second kappa shape index (κ2) is 17.5. The molecule has 0 spiro atoms. The van der Waals surface area contributed by atoms with Gasteiger partial charge in [0.1, 0.15) is 17.8 Å². The van der Waals surface area contributed by atoms with Crippen LogP contribution in [0.15, 0.2) is 36.5 Å². The smallest absolute Gasteiger partial charge is 0.246 e. The van der Waals surface area contributed by atoms with Gasteiger partial charge in [-0.15, -0.1) is 0 Å². The molecular formula is C29H42N9O2+. The number of unbranched alkanes of at least 4 members (excludes halogenated alkanes) is 1. The Bertz CT molecular complexity index is 1220. The fourth-order valence-electron chi connectivity index (χ4n) is 3.63. The van der Waals surface area contributed by atoms with Crippen LogP contribution in [0.3, 0.4) is 0 Å². The molecule has 1 unspecified atom stereocenters. The van der Waals surface area contributed by atoms with Crippen molar-refractivity contribution in [3.05, 3.63) is 47.7 Å². The maximum Gasteiger partial charge on any atom is 0.246 e. The summed E-state index contributed by atoms with van der Waals surface area (Å²) in [4.78, 5) is 36.2. The number of amides is 1. The molecule has 40 heavy (non-hydrogen) atoms. The highest BCUT2D eigenvalue weighted by Gasteiger charge is 2.16. The van der Waals surface area contributed by atoms with Crippen LogP contribution in [0.4, 0.5) is 23.1 Å². The van der Waals surface area contributed by atoms with Crippen molar-refractivity contribution in [3.8, 4) is 11.8 Å². The molecule has 11 nitrogen and oxygen atoms in total. The average molecular weight is 549 g/mol. The van der Waals surface area contributed by atoms with Gasteiger partial charge < -0.3 is 41.3 Å². The Morgan fingerprint density at radius 1 is 1.27 bits per heavy atom. The molecule has 0 aliphatic rings. The SMILES string of the molecule is CCNc1nc(Nc2ccc(C=N)c([NH2+]C)c2)ncc1C#CCCCNCC(C=O)N(C)C(=O)/C=C/CN(C)C. The third-order valence-electron chi connectivity index (χ3n) is 5.91. The Hall–Kier alpha value is -4.11. The first-order valence-electron chi connectivity index (χ1n) is 13.4. The monoisotopic (exact) mass is 548 g/mol. The summed E-state index contributed by atoms with van der Waals surface area (Å²) in [5.74, 6) is 7.24. The molecule has 0 saturated carbocycles. The number of benzene rings is 1. The van der Waals surface area contributed by atoms with Crippen molar-refractivity contribution in [1.29, 1.82) is 5.41 Å². The van der Waals surface area contributed by atoms with Crippen molar-refractivity contribution in [2.24, 2.45) is 0 Å². The van der Waals surface area contributed by atoms with E-state index in [1.54, 1.807) is 19.3 Å². The number of likely N-dealkylation sites (N-methyl/N-ethyl adjacent to an activating group) is 2. The van der Waals surface area contributed by atoms with Crippen LogP contribution in [-0.4, -0.2) is 98.6 Å². The number of rotatable bonds is 16. The molecule has 6 N–H and O–H groups in total. The number of nitrogens with one attached hydrogen (secondary N) is 4. The minimum atomic E-state index is -0.532. The first kappa shape index (κ1) is 32.1. The lowest BCUT2D eigenvalue weighted by Crippen LogP contribution is -2.73. The molecule has 0 saturated heterocycles. The molecule has 2 rings (SSSR count). The molecule has 1 heterocycles. The molecule has 0 fully saturated rings. The first-order valence-corrected chi connectivity index (χ1v) is 13.4. The van der Waals surface area contributed by atoms with Gasteiger partial charge in [-0.25, -0.2) is 4.98 Å². The zero-order valence-electron chi connectivity index (χ0n) is 24.1. The van der Waals surface area contributed by atoms with Crippen molar-refractivity contribution in [1.82, 2.24) is 25.1 Å². The van der Waals surface area contributed by atoms with E-state index >= 15 is 0 Å². The van der Waals surface area contributed by atoms with Gasteiger partial charge in [0.25, 0.3) is 0 Å². The predicted molar refractivity (Wildman–Crippen MR) is 161 cm³/mol. The van der Waals surface area contributed by atoms with Gasteiger partial charge in [-0.1, -0.05) is 17.9 Å². The van der Waals surface area contributed by atoms with Crippen LogP contribution in [-0.2, 0) is 9.59 Å². The normalized spacial score (nSPS) is 11.6. The molecule has 0 radical (unpaired) electrons. The fraction of sp³-hybridized carbons (Fsp3) is 0.414. The number of anilines is 3. The van der Waals surface area contributed by atoms with Crippen LogP contribution in [0.1, 0.15) is 30.9 Å². The zero-order chi connectivity index (χ0) is 29.3. The third-order valence-corrected chi connectivity index (χ3v) is 5.91. The highest BCUT2D eigenvalue weighted by molar-refractivity contribution is 5.89. The first-order chi connectivity index (χ1) is 19.3. The molecule has 0 bridgehead atoms. The summed E-state index contributed by atoms with van der Waals surface area (Å²) >= 11 is 0. The number of nitrogens with two attached hydrogens (primary N) is 1. The van der Waals surface area contributed by atoms with E-state index in [4.69, 9.17) is 5.41 Å². The largest absolute Gasteiger partial charge is 0.369 e. The van der Waals surface area contributed by atoms with Gasteiger partial charge in [-0.05, 0) is 46.1 Å². The summed E-state index contributed by atoms with van der Waals surface area (Å²) in [6, 6.07) is 5.19. The standard InChI is InChI=1S/C29H41N9O2/c1-6-33-28-23(19-34-29(36-28)35-24-14-13-22(18-30)26(17-24)31-2)11-8-7-9-15-32-20-25(21-39)38(5)27(40)12-10-16-37(3)4/h10,12-14,17-19,21,25,30-32H,6-7,9,15-16,20H2,1-5H3,(H2,33,34,35,36)/p+1/b12-10+,30-18?. The number of carbonyl (C=O) groups excluding carboxylic acids is 2. The lowest BCUT2D eigenvalue weighted by atomic mass is 10.1. The van der Waals surface area contributed by atoms with Gasteiger partial charge in [0.15, 0.2) is 0 Å². The zero-order valence-corrected chi connectivity index (χ0v) is 24.1. The topological polar surface area (TPSA) is 143 Å². The number of hydrogen-bond donors (Lipinski definition) is 5. The maximum absolute atomic E-state index is 12.3. The van der Waals surface area contributed by atoms with Crippen molar-refractivity contribution in [2.75, 3.05) is 65.0 Å². The number of carbonyl (C=O) groups is 2. The Morgan fingerprint density at radius 2 is 2.08 bits per heavy atom. The summed E-state index contributed by atoms with van der Waals surface area (Å²) in [5, 5.41) is 19.2. The number of aldehydes is 1. The number of nitrogens with zero attached hydrogens (tertiary/aromatic N) is 4. The Labute approximate surface area is 237 Å². The molecule has 1 amide bonds. The molecule has 1 aromatic heterocycles. The van der Waals surface area contributed by atoms with Crippen molar-refractivity contribution < 1.29 is 14.9 Å². The van der Waals surface area contributed by atoms with Gasteiger partial charge in [0, 0.05) is 57.1 Å². The van der Waals surface area contributed by atoms with Gasteiger partial charge in [0.05, 0.1) is 30.4 Å². The van der Waals surface area contributed by atoms with Crippen molar-refractivity contribution >= 4 is 41.5 Å². The lowest BCUT2D eigenvalue weighted by Gasteiger charge is -2.23. The lowest BCUT2D eigenvalue weighted by molar-refractivity contribution is -0.539. The van der Waals surface area contributed by atoms with Crippen LogP contribution in [0.5, 0.6) is 0 Å². The van der Waals surface area contributed by atoms with Crippen LogP contribution in [0.25, 0.3) is 0 Å². The van der Waals surface area contributed by atoms with E-state index in [9.17, 15) is 9.59 Å². The number of quaternary nitrogens is 1. The molecule has 214 valence electrons. The summed E-state index contributed by atoms with van der Waals surface area (Å²) < 4.78 is 0. The van der Waals surface area contributed by atoms with E-state index < -0.39 is 6.04 Å². The van der Waals surface area contributed by atoms with Crippen LogP contribution in [0.2, 0.25) is 0 Å². The Balaban J connectivity index is 1.88. The summed E-state index contributed by atoms with van der Waals surface area (Å²) in [6.45, 7) is 4.40. The Morgan fingerprint density at radius 3 is 2.75 bits per heavy atom. The number of aromatic nitrogens is 2. The van der Waals surface area contributed by atoms with Gasteiger partial charge in [0.2, 0.25) is 11.9 Å². The highest BCUT2D eigenvalue weighted by Crippen LogP contribution is 2.20. The molecule has 1 aromatic carbocycles. The van der Waals surface area contributed by atoms with Gasteiger partial charge in [-0.3, -0.25) is 4.79 Å². The molecule has 1 atom stereocenters. The maximum atomic E-state index is 12.3. The van der Waals surface area contributed by atoms with Crippen LogP contribution >= 0.6 is 0 Å². The fourth-order valence-corrected chi connectivity index (χ4v) is 3.63. The third kappa shape index (κ3) is 10.6. The van der Waals surface area contributed by atoms with Gasteiger partial charge >= 0.3 is 0 Å². The predicted octanol–water partition coefficient (Wildman–Crippen LogP) is 1.34. The average Bonchev–Trinajstić information content (AvgIpc) is 2.95. The van der Waals surface area contributed by atoms with Crippen molar-refractivity contribution in [3.63, 3.8) is 0 Å². The highest BCUT2D eigenvalue weighted by atomic mass is 16.2. The quantitative estimate of drug-likeness (QED) is 0.0528. The summed E-state index contributed by atoms with van der Waals surface area (Å²) in [7, 11) is 7.42. The second-order valence-corrected chi connectivity index (χ2v) is 9.31. The van der Waals surface area contributed by atoms with E-state index in [2.05, 4.69) is 37.8 Å². The van der Waals surface area contributed by atoms with Crippen LogP contribution in [0, 0.1) is 17.3 Å².